The Morgan fingerprint density at radius 3 is 2.48 bits per heavy atom. The lowest BCUT2D eigenvalue weighted by atomic mass is 10.1. The molecular weight excluding hydrogens is 293 g/mol. The number of halogens is 1. The minimum atomic E-state index is -3.73. The average molecular weight is 307 g/mol. The number of hydroxylamine groups is 1. The SMILES string of the molecule is O=S(=O)(Cc1ccccc1F)N1Cc2ccccc2CO1. The van der Waals surface area contributed by atoms with Gasteiger partial charge in [0.1, 0.15) is 5.82 Å². The Kier molecular flexibility index (Phi) is 3.75. The van der Waals surface area contributed by atoms with Crippen molar-refractivity contribution >= 4 is 10.0 Å². The molecule has 6 heteroatoms. The van der Waals surface area contributed by atoms with E-state index in [2.05, 4.69) is 0 Å². The lowest BCUT2D eigenvalue weighted by Gasteiger charge is -2.27. The summed E-state index contributed by atoms with van der Waals surface area (Å²) < 4.78 is 39.3. The minimum Gasteiger partial charge on any atom is -0.279 e. The van der Waals surface area contributed by atoms with Gasteiger partial charge in [-0.25, -0.2) is 12.8 Å². The van der Waals surface area contributed by atoms with Crippen LogP contribution in [0.2, 0.25) is 0 Å². The van der Waals surface area contributed by atoms with Gasteiger partial charge >= 0.3 is 0 Å². The fraction of sp³-hybridized carbons (Fsp3) is 0.200. The molecule has 1 aliphatic heterocycles. The number of rotatable bonds is 3. The van der Waals surface area contributed by atoms with Crippen molar-refractivity contribution in [3.8, 4) is 0 Å². The second-order valence-electron chi connectivity index (χ2n) is 4.85. The Morgan fingerprint density at radius 2 is 1.71 bits per heavy atom. The summed E-state index contributed by atoms with van der Waals surface area (Å²) in [5, 5.41) is 0. The summed E-state index contributed by atoms with van der Waals surface area (Å²) in [7, 11) is -3.73. The molecule has 110 valence electrons. The van der Waals surface area contributed by atoms with Crippen molar-refractivity contribution in [2.75, 3.05) is 0 Å². The van der Waals surface area contributed by atoms with Crippen molar-refractivity contribution in [1.29, 1.82) is 0 Å². The number of nitrogens with zero attached hydrogens (tertiary/aromatic N) is 1. The Bertz CT molecular complexity index is 761. The third-order valence-corrected chi connectivity index (χ3v) is 4.92. The molecule has 0 aliphatic carbocycles. The summed E-state index contributed by atoms with van der Waals surface area (Å²) in [6.45, 7) is 0.347. The molecule has 0 N–H and O–H groups in total. The van der Waals surface area contributed by atoms with Crippen LogP contribution in [0.15, 0.2) is 48.5 Å². The van der Waals surface area contributed by atoms with E-state index in [0.717, 1.165) is 15.6 Å². The smallest absolute Gasteiger partial charge is 0.240 e. The van der Waals surface area contributed by atoms with Gasteiger partial charge < -0.3 is 0 Å². The van der Waals surface area contributed by atoms with Crippen LogP contribution in [0, 0.1) is 5.82 Å². The maximum atomic E-state index is 13.6. The highest BCUT2D eigenvalue weighted by Crippen LogP contribution is 2.24. The Labute approximate surface area is 122 Å². The van der Waals surface area contributed by atoms with Crippen LogP contribution in [0.25, 0.3) is 0 Å². The molecule has 0 radical (unpaired) electrons. The van der Waals surface area contributed by atoms with E-state index in [0.29, 0.717) is 0 Å². The summed E-state index contributed by atoms with van der Waals surface area (Å²) in [6, 6.07) is 13.3. The maximum Gasteiger partial charge on any atom is 0.240 e. The van der Waals surface area contributed by atoms with E-state index in [-0.39, 0.29) is 18.7 Å². The average Bonchev–Trinajstić information content (AvgIpc) is 2.49. The maximum absolute atomic E-state index is 13.6. The van der Waals surface area contributed by atoms with Gasteiger partial charge in [-0.3, -0.25) is 4.84 Å². The van der Waals surface area contributed by atoms with Gasteiger partial charge in [0.05, 0.1) is 18.9 Å². The summed E-state index contributed by atoms with van der Waals surface area (Å²) >= 11 is 0. The molecule has 0 amide bonds. The molecule has 0 fully saturated rings. The van der Waals surface area contributed by atoms with Crippen LogP contribution < -0.4 is 0 Å². The van der Waals surface area contributed by atoms with Crippen molar-refractivity contribution < 1.29 is 17.6 Å². The zero-order chi connectivity index (χ0) is 14.9. The molecule has 21 heavy (non-hydrogen) atoms. The van der Waals surface area contributed by atoms with Gasteiger partial charge in [-0.15, -0.1) is 0 Å². The topological polar surface area (TPSA) is 46.6 Å². The fourth-order valence-electron chi connectivity index (χ4n) is 2.24. The zero-order valence-electron chi connectivity index (χ0n) is 11.2. The fourth-order valence-corrected chi connectivity index (χ4v) is 3.56. The number of sulfonamides is 1. The number of fused-ring (bicyclic) bond motifs is 1. The van der Waals surface area contributed by atoms with Crippen molar-refractivity contribution in [2.45, 2.75) is 18.9 Å². The third-order valence-electron chi connectivity index (χ3n) is 3.39. The summed E-state index contributed by atoms with van der Waals surface area (Å²) in [4.78, 5) is 5.30. The Morgan fingerprint density at radius 1 is 1.05 bits per heavy atom. The largest absolute Gasteiger partial charge is 0.279 e. The van der Waals surface area contributed by atoms with Crippen LogP contribution in [0.5, 0.6) is 0 Å². The molecule has 1 aliphatic rings. The normalized spacial score (nSPS) is 15.7. The lowest BCUT2D eigenvalue weighted by molar-refractivity contribution is -0.114. The van der Waals surface area contributed by atoms with Crippen molar-refractivity contribution in [2.24, 2.45) is 0 Å². The van der Waals surface area contributed by atoms with E-state index in [4.69, 9.17) is 4.84 Å². The van der Waals surface area contributed by atoms with Crippen LogP contribution in [-0.4, -0.2) is 12.9 Å². The van der Waals surface area contributed by atoms with Crippen LogP contribution >= 0.6 is 0 Å². The predicted octanol–water partition coefficient (Wildman–Crippen LogP) is 2.60. The Balaban J connectivity index is 1.82. The highest BCUT2D eigenvalue weighted by molar-refractivity contribution is 7.88. The van der Waals surface area contributed by atoms with E-state index in [9.17, 15) is 12.8 Å². The second kappa shape index (κ2) is 5.55. The van der Waals surface area contributed by atoms with Gasteiger partial charge in [-0.1, -0.05) is 46.9 Å². The van der Waals surface area contributed by atoms with E-state index in [1.165, 1.54) is 18.2 Å². The highest BCUT2D eigenvalue weighted by Gasteiger charge is 2.28. The molecule has 0 saturated carbocycles. The third kappa shape index (κ3) is 2.97. The van der Waals surface area contributed by atoms with Crippen molar-refractivity contribution in [3.63, 3.8) is 0 Å². The summed E-state index contributed by atoms with van der Waals surface area (Å²) in [5.41, 5.74) is 2.01. The molecule has 2 aromatic carbocycles. The quantitative estimate of drug-likeness (QED) is 0.875. The van der Waals surface area contributed by atoms with Crippen LogP contribution in [0.4, 0.5) is 4.39 Å². The molecule has 0 saturated heterocycles. The molecular formula is C15H14FNO3S. The molecule has 3 rings (SSSR count). The number of benzene rings is 2. The van der Waals surface area contributed by atoms with Crippen molar-refractivity contribution in [3.05, 3.63) is 71.0 Å². The summed E-state index contributed by atoms with van der Waals surface area (Å²) in [5.74, 6) is -0.944. The molecule has 0 aromatic heterocycles. The van der Waals surface area contributed by atoms with Crippen molar-refractivity contribution in [1.82, 2.24) is 4.47 Å². The molecule has 2 aromatic rings. The molecule has 0 spiro atoms. The molecule has 1 heterocycles. The zero-order valence-corrected chi connectivity index (χ0v) is 12.0. The van der Waals surface area contributed by atoms with Gasteiger partial charge in [0, 0.05) is 5.56 Å². The lowest BCUT2D eigenvalue weighted by Crippen LogP contribution is -2.35. The van der Waals surface area contributed by atoms with E-state index in [1.54, 1.807) is 6.07 Å². The molecule has 0 bridgehead atoms. The van der Waals surface area contributed by atoms with Crippen LogP contribution in [0.3, 0.4) is 0 Å². The van der Waals surface area contributed by atoms with E-state index < -0.39 is 21.6 Å². The van der Waals surface area contributed by atoms with E-state index in [1.807, 2.05) is 24.3 Å². The van der Waals surface area contributed by atoms with E-state index >= 15 is 0 Å². The van der Waals surface area contributed by atoms with Gasteiger partial charge in [-0.05, 0) is 17.2 Å². The van der Waals surface area contributed by atoms with Crippen LogP contribution in [0.1, 0.15) is 16.7 Å². The second-order valence-corrected chi connectivity index (χ2v) is 6.71. The first-order valence-corrected chi connectivity index (χ1v) is 8.11. The van der Waals surface area contributed by atoms with Gasteiger partial charge in [0.25, 0.3) is 0 Å². The monoisotopic (exact) mass is 307 g/mol. The van der Waals surface area contributed by atoms with Gasteiger partial charge in [-0.2, -0.15) is 0 Å². The first-order chi connectivity index (χ1) is 10.1. The minimum absolute atomic E-state index is 0.139. The highest BCUT2D eigenvalue weighted by atomic mass is 32.2. The molecule has 0 atom stereocenters. The molecule has 4 nitrogen and oxygen atoms in total. The Hall–Kier alpha value is -1.76. The first kappa shape index (κ1) is 14.2. The summed E-state index contributed by atoms with van der Waals surface area (Å²) in [6.07, 6.45) is 0. The van der Waals surface area contributed by atoms with Gasteiger partial charge in [0.2, 0.25) is 10.0 Å². The van der Waals surface area contributed by atoms with Gasteiger partial charge in [0.15, 0.2) is 0 Å². The number of hydrogen-bond acceptors (Lipinski definition) is 3. The standard InChI is InChI=1S/C15H14FNO3S/c16-15-8-4-3-7-14(15)11-21(18,19)17-9-12-5-1-2-6-13(12)10-20-17/h1-8H,9-11H2. The first-order valence-electron chi connectivity index (χ1n) is 6.50. The predicted molar refractivity (Wildman–Crippen MR) is 75.8 cm³/mol. The van der Waals surface area contributed by atoms with Crippen LogP contribution in [-0.2, 0) is 33.8 Å². The molecule has 0 unspecified atom stereocenters. The number of hydrogen-bond donors (Lipinski definition) is 0.